The Hall–Kier alpha value is -0.760. The summed E-state index contributed by atoms with van der Waals surface area (Å²) < 4.78 is 62.9. The monoisotopic (exact) mass is 658 g/mol. The highest BCUT2D eigenvalue weighted by Gasteiger charge is 2.59. The Bertz CT molecular complexity index is 979. The van der Waals surface area contributed by atoms with Crippen LogP contribution in [0.2, 0.25) is 0 Å². The van der Waals surface area contributed by atoms with Gasteiger partial charge in [0.25, 0.3) is 0 Å². The lowest BCUT2D eigenvalue weighted by Crippen LogP contribution is -2.66. The predicted octanol–water partition coefficient (Wildman–Crippen LogP) is -6.35. The summed E-state index contributed by atoms with van der Waals surface area (Å²) >= 11 is 0. The molecule has 260 valence electrons. The van der Waals surface area contributed by atoms with Crippen molar-refractivity contribution in [1.82, 2.24) is 0 Å². The van der Waals surface area contributed by atoms with Gasteiger partial charge in [-0.25, -0.2) is 0 Å². The van der Waals surface area contributed by atoms with Crippen LogP contribution in [0.15, 0.2) is 0 Å². The molecule has 20 atom stereocenters. The van der Waals surface area contributed by atoms with E-state index in [2.05, 4.69) is 0 Å². The maximum Gasteiger partial charge on any atom is 0.187 e. The molecule has 0 amide bonds. The molecule has 0 saturated carbocycles. The van der Waals surface area contributed by atoms with Gasteiger partial charge in [0.05, 0.1) is 26.4 Å². The van der Waals surface area contributed by atoms with Crippen molar-refractivity contribution < 1.29 is 93.0 Å². The molecule has 0 aromatic rings. The second-order valence-corrected chi connectivity index (χ2v) is 11.8. The lowest BCUT2D eigenvalue weighted by atomic mass is 9.96. The van der Waals surface area contributed by atoms with E-state index >= 15 is 0 Å². The average molecular weight is 659 g/mol. The van der Waals surface area contributed by atoms with Crippen molar-refractivity contribution in [3.05, 3.63) is 0 Å². The Morgan fingerprint density at radius 2 is 1.02 bits per heavy atom. The molecule has 6 aliphatic heterocycles. The van der Waals surface area contributed by atoms with E-state index in [-0.39, 0.29) is 13.2 Å². The Balaban J connectivity index is 1.15. The summed E-state index contributed by atoms with van der Waals surface area (Å²) in [5.74, 6) is 0. The maximum atomic E-state index is 11.3. The second kappa shape index (κ2) is 14.0. The fourth-order valence-corrected chi connectivity index (χ4v) is 6.73. The fourth-order valence-electron chi connectivity index (χ4n) is 6.73. The molecule has 19 nitrogen and oxygen atoms in total. The molecule has 6 fully saturated rings. The molecule has 8 N–H and O–H groups in total. The van der Waals surface area contributed by atoms with Crippen LogP contribution >= 0.6 is 0 Å². The van der Waals surface area contributed by atoms with E-state index < -0.39 is 136 Å². The maximum absolute atomic E-state index is 11.3. The lowest BCUT2D eigenvalue weighted by Gasteiger charge is -2.47. The third kappa shape index (κ3) is 6.16. The van der Waals surface area contributed by atoms with Gasteiger partial charge in [0.1, 0.15) is 97.7 Å². The molecular weight excluding hydrogens is 616 g/mol. The Kier molecular flexibility index (Phi) is 10.6. The van der Waals surface area contributed by atoms with E-state index in [9.17, 15) is 40.9 Å². The number of rotatable bonds is 10. The number of aliphatic hydroxyl groups is 8. The number of aliphatic hydroxyl groups excluding tert-OH is 8. The first-order valence-electron chi connectivity index (χ1n) is 14.8. The van der Waals surface area contributed by atoms with Crippen molar-refractivity contribution in [2.24, 2.45) is 0 Å². The largest absolute Gasteiger partial charge is 0.394 e. The predicted molar refractivity (Wildman–Crippen MR) is 137 cm³/mol. The summed E-state index contributed by atoms with van der Waals surface area (Å²) in [7, 11) is 2.71. The minimum atomic E-state index is -1.75. The van der Waals surface area contributed by atoms with Gasteiger partial charge in [-0.3, -0.25) is 0 Å². The highest BCUT2D eigenvalue weighted by molar-refractivity contribution is 5.01. The Morgan fingerprint density at radius 3 is 1.64 bits per heavy atom. The Morgan fingerprint density at radius 1 is 0.511 bits per heavy atom. The topological polar surface area (TPSA) is 263 Å². The summed E-state index contributed by atoms with van der Waals surface area (Å²) in [5, 5.41) is 83.1. The molecule has 4 bridgehead atoms. The summed E-state index contributed by atoms with van der Waals surface area (Å²) in [6.45, 7) is -1.22. The van der Waals surface area contributed by atoms with Crippen molar-refractivity contribution in [3.8, 4) is 0 Å². The molecule has 45 heavy (non-hydrogen) atoms. The number of methoxy groups -OCH3 is 2. The van der Waals surface area contributed by atoms with Crippen LogP contribution in [0.25, 0.3) is 0 Å². The van der Waals surface area contributed by atoms with Crippen molar-refractivity contribution in [2.45, 2.75) is 123 Å². The summed E-state index contributed by atoms with van der Waals surface area (Å²) in [4.78, 5) is 0. The van der Waals surface area contributed by atoms with Crippen LogP contribution in [0.5, 0.6) is 0 Å². The van der Waals surface area contributed by atoms with E-state index in [1.807, 2.05) is 0 Å². The van der Waals surface area contributed by atoms with Gasteiger partial charge in [-0.2, -0.15) is 0 Å². The van der Waals surface area contributed by atoms with Crippen LogP contribution in [-0.2, 0) is 52.1 Å². The number of ether oxygens (including phenoxy) is 11. The van der Waals surface area contributed by atoms with Gasteiger partial charge < -0.3 is 93.0 Å². The third-order valence-corrected chi connectivity index (χ3v) is 9.20. The average Bonchev–Trinajstić information content (AvgIpc) is 3.44. The first-order chi connectivity index (χ1) is 21.6. The zero-order valence-electron chi connectivity index (χ0n) is 24.4. The van der Waals surface area contributed by atoms with Crippen LogP contribution in [0, 0.1) is 0 Å². The number of hydrogen-bond acceptors (Lipinski definition) is 19. The smallest absolute Gasteiger partial charge is 0.187 e. The van der Waals surface area contributed by atoms with Crippen molar-refractivity contribution >= 4 is 0 Å². The molecule has 0 aromatic carbocycles. The molecule has 0 aliphatic carbocycles. The first kappa shape index (κ1) is 34.1. The summed E-state index contributed by atoms with van der Waals surface area (Å²) in [5.41, 5.74) is 0. The van der Waals surface area contributed by atoms with Gasteiger partial charge in [0, 0.05) is 14.2 Å². The van der Waals surface area contributed by atoms with Gasteiger partial charge in [0.2, 0.25) is 0 Å². The molecule has 6 heterocycles. The first-order valence-corrected chi connectivity index (χ1v) is 14.8. The van der Waals surface area contributed by atoms with Gasteiger partial charge in [0.15, 0.2) is 25.2 Å². The molecule has 20 unspecified atom stereocenters. The second-order valence-electron chi connectivity index (χ2n) is 11.8. The van der Waals surface area contributed by atoms with Gasteiger partial charge in [-0.05, 0) is 0 Å². The standard InChI is InChI=1S/C26H42O19/c1-35-21-19-13(31)9(5-37-19)41-25(21)45-18-12(30)8(4-28)40-24(15(18)33)43-16-10-6-38-20(16)22(36-2)26(42-10)44-17-11(29)7(3-27)39-23(34)14(17)32/h7-34H,3-6H2,1-2H3. The Labute approximate surface area is 256 Å². The van der Waals surface area contributed by atoms with Gasteiger partial charge in [-0.1, -0.05) is 0 Å². The lowest BCUT2D eigenvalue weighted by molar-refractivity contribution is -0.373. The van der Waals surface area contributed by atoms with Crippen LogP contribution in [0.1, 0.15) is 0 Å². The van der Waals surface area contributed by atoms with E-state index in [1.54, 1.807) is 0 Å². The van der Waals surface area contributed by atoms with Gasteiger partial charge in [-0.15, -0.1) is 0 Å². The zero-order chi connectivity index (χ0) is 32.2. The molecule has 0 spiro atoms. The molecule has 6 rings (SSSR count). The molecule has 6 saturated heterocycles. The van der Waals surface area contributed by atoms with Crippen molar-refractivity contribution in [3.63, 3.8) is 0 Å². The number of fused-ring (bicyclic) bond motifs is 4. The van der Waals surface area contributed by atoms with Crippen molar-refractivity contribution in [1.29, 1.82) is 0 Å². The third-order valence-electron chi connectivity index (χ3n) is 9.20. The number of hydrogen-bond donors (Lipinski definition) is 8. The molecule has 19 heteroatoms. The van der Waals surface area contributed by atoms with Crippen molar-refractivity contribution in [2.75, 3.05) is 40.6 Å². The van der Waals surface area contributed by atoms with Crippen LogP contribution in [0.3, 0.4) is 0 Å². The van der Waals surface area contributed by atoms with E-state index in [0.717, 1.165) is 0 Å². The van der Waals surface area contributed by atoms with Crippen LogP contribution in [0.4, 0.5) is 0 Å². The zero-order valence-corrected chi connectivity index (χ0v) is 24.4. The SMILES string of the molecule is COC1C(OC2C(O)C(CO)OC(OC3C4COC3C(OC)C(OC3C(O)C(O)OC(CO)C3O)O4)C2O)OC2COC1C2O. The van der Waals surface area contributed by atoms with Crippen LogP contribution in [-0.4, -0.2) is 204 Å². The summed E-state index contributed by atoms with van der Waals surface area (Å²) in [6.07, 6.45) is -24.3. The summed E-state index contributed by atoms with van der Waals surface area (Å²) in [6, 6.07) is 0. The van der Waals surface area contributed by atoms with E-state index in [4.69, 9.17) is 52.1 Å². The molecule has 6 aliphatic rings. The highest BCUT2D eigenvalue weighted by atomic mass is 16.8. The minimum absolute atomic E-state index is 0.0127. The van der Waals surface area contributed by atoms with Crippen LogP contribution < -0.4 is 0 Å². The van der Waals surface area contributed by atoms with E-state index in [1.165, 1.54) is 14.2 Å². The molecule has 0 aromatic heterocycles. The highest BCUT2D eigenvalue weighted by Crippen LogP contribution is 2.39. The van der Waals surface area contributed by atoms with E-state index in [0.29, 0.717) is 0 Å². The molecule has 0 radical (unpaired) electrons. The minimum Gasteiger partial charge on any atom is -0.394 e. The molecular formula is C26H42O19. The fraction of sp³-hybridized carbons (Fsp3) is 1.00. The normalized spacial score (nSPS) is 54.8. The quantitative estimate of drug-likeness (QED) is 0.108. The van der Waals surface area contributed by atoms with Gasteiger partial charge >= 0.3 is 0 Å².